The summed E-state index contributed by atoms with van der Waals surface area (Å²) in [7, 11) is 0. The fourth-order valence-electron chi connectivity index (χ4n) is 2.60. The van der Waals surface area contributed by atoms with Crippen molar-refractivity contribution in [2.75, 3.05) is 19.8 Å². The summed E-state index contributed by atoms with van der Waals surface area (Å²) in [5.74, 6) is 0. The summed E-state index contributed by atoms with van der Waals surface area (Å²) >= 11 is 0. The van der Waals surface area contributed by atoms with E-state index in [1.54, 1.807) is 0 Å². The molecule has 2 fully saturated rings. The smallest absolute Gasteiger partial charge is 0.176 e. The van der Waals surface area contributed by atoms with E-state index >= 15 is 0 Å². The van der Waals surface area contributed by atoms with Gasteiger partial charge in [-0.15, -0.1) is 0 Å². The quantitative estimate of drug-likeness (QED) is 0.265. The first kappa shape index (κ1) is 17.9. The van der Waals surface area contributed by atoms with Crippen LogP contribution in [0.15, 0.2) is 0 Å². The van der Waals surface area contributed by atoms with Gasteiger partial charge in [-0.25, -0.2) is 0 Å². The largest absolute Gasteiger partial charge is 0.394 e. The fourth-order valence-corrected chi connectivity index (χ4v) is 2.60. The first-order valence-electron chi connectivity index (χ1n) is 7.10. The van der Waals surface area contributed by atoms with E-state index in [-0.39, 0.29) is 6.61 Å². The van der Waals surface area contributed by atoms with Crippen LogP contribution in [-0.4, -0.2) is 100 Å². The molecular weight excluding hydrogens is 300 g/mol. The molecule has 22 heavy (non-hydrogen) atoms. The van der Waals surface area contributed by atoms with Crippen molar-refractivity contribution in [1.82, 2.24) is 0 Å². The van der Waals surface area contributed by atoms with Crippen LogP contribution in [0, 0.1) is 0 Å². The van der Waals surface area contributed by atoms with Gasteiger partial charge >= 0.3 is 0 Å². The van der Waals surface area contributed by atoms with Gasteiger partial charge in [-0.1, -0.05) is 0 Å². The van der Waals surface area contributed by atoms with Gasteiger partial charge in [0, 0.05) is 0 Å². The number of ether oxygens (including phenoxy) is 3. The maximum atomic E-state index is 10.1. The minimum atomic E-state index is -1.38. The summed E-state index contributed by atoms with van der Waals surface area (Å²) < 4.78 is 16.1. The molecule has 0 amide bonds. The third-order valence-corrected chi connectivity index (χ3v) is 4.04. The Morgan fingerprint density at radius 3 is 2.18 bits per heavy atom. The zero-order valence-electron chi connectivity index (χ0n) is 11.9. The monoisotopic (exact) mass is 324 g/mol. The normalized spacial score (nSPS) is 50.0. The second-order valence-corrected chi connectivity index (χ2v) is 5.59. The molecular formula is C12H24N2O8. The molecule has 0 aromatic carbocycles. The van der Waals surface area contributed by atoms with Gasteiger partial charge in [-0.05, 0) is 0 Å². The molecule has 0 aromatic rings. The summed E-state index contributed by atoms with van der Waals surface area (Å²) in [6.45, 7) is -0.896. The maximum absolute atomic E-state index is 10.1. The van der Waals surface area contributed by atoms with Crippen LogP contribution in [0.4, 0.5) is 0 Å². The van der Waals surface area contributed by atoms with E-state index in [1.807, 2.05) is 0 Å². The standard InChI is InChI=1S/C12H24N2O8/c13-4-3-20-6(2-16)11(8(4)17)22-12-7(14)10(19)9(18)5(1-15)21-12/h4-12,15-19H,1-3,13-14H2/t4?,5-,6-,7-,8?,9?,10?,11-,12+/m1/s1. The first-order chi connectivity index (χ1) is 10.4. The van der Waals surface area contributed by atoms with Gasteiger partial charge in [0.1, 0.15) is 36.6 Å². The van der Waals surface area contributed by atoms with E-state index in [9.17, 15) is 20.4 Å². The maximum Gasteiger partial charge on any atom is 0.176 e. The van der Waals surface area contributed by atoms with Gasteiger partial charge in [0.2, 0.25) is 0 Å². The van der Waals surface area contributed by atoms with E-state index in [4.69, 9.17) is 30.8 Å². The van der Waals surface area contributed by atoms with Crippen molar-refractivity contribution < 1.29 is 39.7 Å². The Bertz CT molecular complexity index is 358. The van der Waals surface area contributed by atoms with E-state index in [0.29, 0.717) is 0 Å². The molecule has 9 N–H and O–H groups in total. The van der Waals surface area contributed by atoms with Crippen LogP contribution in [-0.2, 0) is 14.2 Å². The Balaban J connectivity index is 2.09. The lowest BCUT2D eigenvalue weighted by molar-refractivity contribution is -0.305. The van der Waals surface area contributed by atoms with Crippen LogP contribution in [0.25, 0.3) is 0 Å². The van der Waals surface area contributed by atoms with Gasteiger partial charge in [-0.3, -0.25) is 0 Å². The fraction of sp³-hybridized carbons (Fsp3) is 1.00. The van der Waals surface area contributed by atoms with E-state index < -0.39 is 68.2 Å². The number of rotatable bonds is 4. The van der Waals surface area contributed by atoms with Crippen LogP contribution in [0.3, 0.4) is 0 Å². The zero-order valence-corrected chi connectivity index (χ0v) is 11.9. The van der Waals surface area contributed by atoms with Crippen molar-refractivity contribution in [3.8, 4) is 0 Å². The molecule has 4 unspecified atom stereocenters. The van der Waals surface area contributed by atoms with Crippen molar-refractivity contribution >= 4 is 0 Å². The SMILES string of the molecule is NC1CO[C@H](CO)[C@@H](O[C@@H]2O[C@H](CO)C(O)C(O)[C@H]2N)C1O. The molecule has 0 saturated carbocycles. The van der Waals surface area contributed by atoms with Gasteiger partial charge in [0.15, 0.2) is 6.29 Å². The molecule has 0 radical (unpaired) electrons. The Morgan fingerprint density at radius 1 is 0.955 bits per heavy atom. The summed E-state index contributed by atoms with van der Waals surface area (Å²) in [6.07, 6.45) is -8.00. The Morgan fingerprint density at radius 2 is 1.59 bits per heavy atom. The van der Waals surface area contributed by atoms with E-state index in [1.165, 1.54) is 0 Å². The molecule has 2 saturated heterocycles. The summed E-state index contributed by atoms with van der Waals surface area (Å²) in [5.41, 5.74) is 11.4. The molecule has 0 spiro atoms. The number of hydrogen-bond acceptors (Lipinski definition) is 10. The average molecular weight is 324 g/mol. The highest BCUT2D eigenvalue weighted by atomic mass is 16.7. The summed E-state index contributed by atoms with van der Waals surface area (Å²) in [4.78, 5) is 0. The zero-order chi connectivity index (χ0) is 16.4. The third-order valence-electron chi connectivity index (χ3n) is 4.04. The average Bonchev–Trinajstić information content (AvgIpc) is 2.52. The van der Waals surface area contributed by atoms with E-state index in [2.05, 4.69) is 0 Å². The lowest BCUT2D eigenvalue weighted by atomic mass is 9.96. The highest BCUT2D eigenvalue weighted by molar-refractivity contribution is 4.95. The molecule has 10 nitrogen and oxygen atoms in total. The highest BCUT2D eigenvalue weighted by Crippen LogP contribution is 2.25. The van der Waals surface area contributed by atoms with Crippen LogP contribution in [0.2, 0.25) is 0 Å². The number of aliphatic hydroxyl groups excluding tert-OH is 5. The van der Waals surface area contributed by atoms with Crippen LogP contribution >= 0.6 is 0 Å². The van der Waals surface area contributed by atoms with Gasteiger partial charge in [0.05, 0.1) is 31.9 Å². The lowest BCUT2D eigenvalue weighted by Gasteiger charge is -2.45. The third kappa shape index (κ3) is 3.41. The lowest BCUT2D eigenvalue weighted by Crippen LogP contribution is -2.66. The second-order valence-electron chi connectivity index (χ2n) is 5.59. The van der Waals surface area contributed by atoms with Crippen molar-refractivity contribution in [2.45, 2.75) is 55.0 Å². The summed E-state index contributed by atoms with van der Waals surface area (Å²) in [6, 6.07) is -1.82. The van der Waals surface area contributed by atoms with Crippen molar-refractivity contribution in [2.24, 2.45) is 11.5 Å². The predicted molar refractivity (Wildman–Crippen MR) is 71.4 cm³/mol. The first-order valence-corrected chi connectivity index (χ1v) is 7.10. The van der Waals surface area contributed by atoms with E-state index in [0.717, 1.165) is 0 Å². The molecule has 0 aromatic heterocycles. The molecule has 2 aliphatic heterocycles. The van der Waals surface area contributed by atoms with Gasteiger partial charge in [0.25, 0.3) is 0 Å². The van der Waals surface area contributed by atoms with Gasteiger partial charge < -0.3 is 51.2 Å². The Kier molecular flexibility index (Phi) is 6.07. The van der Waals surface area contributed by atoms with Crippen LogP contribution in [0.1, 0.15) is 0 Å². The molecule has 2 aliphatic rings. The highest BCUT2D eigenvalue weighted by Gasteiger charge is 2.47. The summed E-state index contributed by atoms with van der Waals surface area (Å²) in [5, 5.41) is 48.1. The predicted octanol–water partition coefficient (Wildman–Crippen LogP) is -4.78. The minimum Gasteiger partial charge on any atom is -0.394 e. The Labute approximate surface area is 127 Å². The van der Waals surface area contributed by atoms with Crippen molar-refractivity contribution in [3.05, 3.63) is 0 Å². The van der Waals surface area contributed by atoms with Crippen molar-refractivity contribution in [1.29, 1.82) is 0 Å². The number of aliphatic hydroxyl groups is 5. The molecule has 2 heterocycles. The molecule has 2 rings (SSSR count). The number of hydrogen-bond donors (Lipinski definition) is 7. The molecule has 0 bridgehead atoms. The Hall–Kier alpha value is -0.400. The molecule has 130 valence electrons. The van der Waals surface area contributed by atoms with Crippen molar-refractivity contribution in [3.63, 3.8) is 0 Å². The van der Waals surface area contributed by atoms with Crippen LogP contribution in [0.5, 0.6) is 0 Å². The van der Waals surface area contributed by atoms with Crippen LogP contribution < -0.4 is 11.5 Å². The molecule has 9 atom stereocenters. The topological polar surface area (TPSA) is 181 Å². The molecule has 10 heteroatoms. The van der Waals surface area contributed by atoms with Gasteiger partial charge in [-0.2, -0.15) is 0 Å². The minimum absolute atomic E-state index is 0.0600. The number of nitrogens with two attached hydrogens (primary N) is 2. The molecule has 0 aliphatic carbocycles. The second kappa shape index (κ2) is 7.45.